The lowest BCUT2D eigenvalue weighted by Crippen LogP contribution is -2.10. The molecule has 0 aliphatic heterocycles. The lowest BCUT2D eigenvalue weighted by atomic mass is 10.7. The first-order valence-electron chi connectivity index (χ1n) is 5.81. The summed E-state index contributed by atoms with van der Waals surface area (Å²) in [6.45, 7) is 16.6. The zero-order valence-electron chi connectivity index (χ0n) is 11.4. The molecule has 0 saturated heterocycles. The first-order valence-corrected chi connectivity index (χ1v) is 5.81. The molecule has 0 radical (unpaired) electrons. The van der Waals surface area contributed by atoms with Gasteiger partial charge in [0.1, 0.15) is 13.2 Å². The van der Waals surface area contributed by atoms with Crippen molar-refractivity contribution in [2.45, 2.75) is 0 Å². The average molecular weight is 272 g/mol. The summed E-state index contributed by atoms with van der Waals surface area (Å²) in [5, 5.41) is 0. The van der Waals surface area contributed by atoms with Crippen LogP contribution < -0.4 is 0 Å². The van der Waals surface area contributed by atoms with Crippen LogP contribution in [-0.2, 0) is 23.7 Å². The van der Waals surface area contributed by atoms with Gasteiger partial charge < -0.3 is 23.7 Å². The maximum Gasteiger partial charge on any atom is 0.111 e. The Labute approximate surface area is 115 Å². The third-order valence-corrected chi connectivity index (χ3v) is 1.49. The predicted octanol–water partition coefficient (Wildman–Crippen LogP) is 2.63. The Morgan fingerprint density at radius 2 is 0.895 bits per heavy atom. The van der Waals surface area contributed by atoms with E-state index in [0.29, 0.717) is 39.6 Å². The fourth-order valence-electron chi connectivity index (χ4n) is 0.771. The van der Waals surface area contributed by atoms with Gasteiger partial charge in [0, 0.05) is 0 Å². The summed E-state index contributed by atoms with van der Waals surface area (Å²) >= 11 is 0. The highest BCUT2D eigenvalue weighted by molar-refractivity contribution is 4.57. The molecule has 5 nitrogen and oxygen atoms in total. The topological polar surface area (TPSA) is 46.2 Å². The molecule has 0 aliphatic carbocycles. The van der Waals surface area contributed by atoms with E-state index in [4.69, 9.17) is 18.9 Å². The van der Waals surface area contributed by atoms with Crippen LogP contribution in [0.3, 0.4) is 0 Å². The summed E-state index contributed by atoms with van der Waals surface area (Å²) in [5.74, 6) is 0. The van der Waals surface area contributed by atoms with Gasteiger partial charge in [0.25, 0.3) is 0 Å². The van der Waals surface area contributed by atoms with Gasteiger partial charge in [-0.15, -0.1) is 0 Å². The Hall–Kier alpha value is -1.72. The fourth-order valence-corrected chi connectivity index (χ4v) is 0.771. The maximum absolute atomic E-state index is 5.18. The largest absolute Gasteiger partial charge is 0.499 e. The molecular weight excluding hydrogens is 248 g/mol. The van der Waals surface area contributed by atoms with Gasteiger partial charge in [-0.2, -0.15) is 0 Å². The van der Waals surface area contributed by atoms with Crippen molar-refractivity contribution in [1.82, 2.24) is 0 Å². The van der Waals surface area contributed by atoms with E-state index in [-0.39, 0.29) is 0 Å². The lowest BCUT2D eigenvalue weighted by Gasteiger charge is -2.05. The molecule has 0 aromatic carbocycles. The highest BCUT2D eigenvalue weighted by Gasteiger charge is 1.89. The van der Waals surface area contributed by atoms with Crippen LogP contribution in [0.2, 0.25) is 0 Å². The zero-order chi connectivity index (χ0) is 14.6. The highest BCUT2D eigenvalue weighted by atomic mass is 16.6. The normalized spacial score (nSPS) is 8.42. The van der Waals surface area contributed by atoms with Crippen LogP contribution in [0, 0.1) is 0 Å². The molecule has 0 bridgehead atoms. The monoisotopic (exact) mass is 272 g/mol. The van der Waals surface area contributed by atoms with Crippen molar-refractivity contribution in [3.8, 4) is 0 Å². The third-order valence-electron chi connectivity index (χ3n) is 1.49. The Morgan fingerprint density at radius 3 is 1.16 bits per heavy atom. The van der Waals surface area contributed by atoms with Gasteiger partial charge in [-0.1, -0.05) is 26.3 Å². The summed E-state index contributed by atoms with van der Waals surface area (Å²) in [4.78, 5) is 0. The van der Waals surface area contributed by atoms with Crippen LogP contribution >= 0.6 is 0 Å². The maximum atomic E-state index is 5.18. The van der Waals surface area contributed by atoms with E-state index in [1.807, 2.05) is 0 Å². The average Bonchev–Trinajstić information content (AvgIpc) is 2.43. The van der Waals surface area contributed by atoms with Crippen LogP contribution in [-0.4, -0.2) is 39.6 Å². The Bertz CT molecular complexity index is 194. The summed E-state index contributed by atoms with van der Waals surface area (Å²) in [7, 11) is 0. The van der Waals surface area contributed by atoms with E-state index in [1.54, 1.807) is 0 Å². The predicted molar refractivity (Wildman–Crippen MR) is 75.4 cm³/mol. The van der Waals surface area contributed by atoms with E-state index in [1.165, 1.54) is 25.0 Å². The van der Waals surface area contributed by atoms with Crippen LogP contribution in [0.1, 0.15) is 0 Å². The second-order valence-electron chi connectivity index (χ2n) is 2.77. The summed E-state index contributed by atoms with van der Waals surface area (Å²) in [6.07, 6.45) is 5.42. The Balaban J connectivity index is 0. The van der Waals surface area contributed by atoms with E-state index in [0.717, 1.165) is 0 Å². The van der Waals surface area contributed by atoms with Gasteiger partial charge in [0.2, 0.25) is 0 Å². The minimum absolute atomic E-state index is 0.531. The molecule has 0 aromatic rings. The van der Waals surface area contributed by atoms with Crippen molar-refractivity contribution in [3.05, 3.63) is 51.4 Å². The molecule has 110 valence electrons. The van der Waals surface area contributed by atoms with Gasteiger partial charge in [0.15, 0.2) is 0 Å². The molecule has 0 rings (SSSR count). The van der Waals surface area contributed by atoms with Crippen molar-refractivity contribution >= 4 is 0 Å². The third kappa shape index (κ3) is 26.1. The number of hydrogen-bond acceptors (Lipinski definition) is 5. The number of hydrogen-bond donors (Lipinski definition) is 0. The molecule has 0 aliphatic rings. The van der Waals surface area contributed by atoms with E-state index in [2.05, 4.69) is 31.1 Å². The highest BCUT2D eigenvalue weighted by Crippen LogP contribution is 1.82. The van der Waals surface area contributed by atoms with Crippen molar-refractivity contribution in [2.75, 3.05) is 39.6 Å². The van der Waals surface area contributed by atoms with Gasteiger partial charge >= 0.3 is 0 Å². The molecule has 0 heterocycles. The first kappa shape index (κ1) is 19.6. The summed E-state index contributed by atoms with van der Waals surface area (Å²) < 4.78 is 24.4. The minimum atomic E-state index is 0.531. The SMILES string of the molecule is C=COC=C.C=COCCOCCOCCOC=C. The minimum Gasteiger partial charge on any atom is -0.499 e. The molecule has 0 unspecified atom stereocenters. The lowest BCUT2D eigenvalue weighted by molar-refractivity contribution is 0.0186. The van der Waals surface area contributed by atoms with Crippen molar-refractivity contribution in [2.24, 2.45) is 0 Å². The second kappa shape index (κ2) is 21.6. The molecule has 0 atom stereocenters. The second-order valence-corrected chi connectivity index (χ2v) is 2.77. The molecule has 0 N–H and O–H groups in total. The molecule has 0 amide bonds. The van der Waals surface area contributed by atoms with Crippen LogP contribution in [0.4, 0.5) is 0 Å². The molecule has 0 saturated carbocycles. The smallest absolute Gasteiger partial charge is 0.111 e. The molecule has 0 spiro atoms. The van der Waals surface area contributed by atoms with E-state index >= 15 is 0 Å². The standard InChI is InChI=1S/C10H18O4.C4H6O/c1-3-11-5-7-13-9-10-14-8-6-12-4-2;1-3-5-4-2/h3-4H,1-2,5-10H2;3-4H,1-2H2. The van der Waals surface area contributed by atoms with E-state index < -0.39 is 0 Å². The molecule has 5 heteroatoms. The van der Waals surface area contributed by atoms with Crippen molar-refractivity contribution in [1.29, 1.82) is 0 Å². The van der Waals surface area contributed by atoms with Crippen LogP contribution in [0.25, 0.3) is 0 Å². The molecular formula is C14H24O5. The van der Waals surface area contributed by atoms with Gasteiger partial charge in [-0.3, -0.25) is 0 Å². The first-order chi connectivity index (χ1) is 9.33. The van der Waals surface area contributed by atoms with Gasteiger partial charge in [-0.25, -0.2) is 0 Å². The fraction of sp³-hybridized carbons (Fsp3) is 0.429. The van der Waals surface area contributed by atoms with Crippen LogP contribution in [0.5, 0.6) is 0 Å². The summed E-state index contributed by atoms with van der Waals surface area (Å²) in [6, 6.07) is 0. The van der Waals surface area contributed by atoms with Gasteiger partial charge in [-0.05, 0) is 0 Å². The molecule has 19 heavy (non-hydrogen) atoms. The molecule has 0 aromatic heterocycles. The van der Waals surface area contributed by atoms with Crippen molar-refractivity contribution < 1.29 is 23.7 Å². The quantitative estimate of drug-likeness (QED) is 0.381. The summed E-state index contributed by atoms with van der Waals surface area (Å²) in [5.41, 5.74) is 0. The molecule has 0 fully saturated rings. The Morgan fingerprint density at radius 1 is 0.526 bits per heavy atom. The van der Waals surface area contributed by atoms with Crippen molar-refractivity contribution in [3.63, 3.8) is 0 Å². The number of ether oxygens (including phenoxy) is 5. The number of rotatable bonds is 13. The van der Waals surface area contributed by atoms with E-state index in [9.17, 15) is 0 Å². The van der Waals surface area contributed by atoms with Crippen LogP contribution in [0.15, 0.2) is 51.4 Å². The Kier molecular flexibility index (Phi) is 22.3. The van der Waals surface area contributed by atoms with Gasteiger partial charge in [0.05, 0.1) is 51.5 Å². The zero-order valence-corrected chi connectivity index (χ0v) is 11.4.